The highest BCUT2D eigenvalue weighted by atomic mass is 35.5. The van der Waals surface area contributed by atoms with Crippen molar-refractivity contribution in [2.24, 2.45) is 0 Å². The zero-order chi connectivity index (χ0) is 87.2. The van der Waals surface area contributed by atoms with Crippen LogP contribution in [0.25, 0.3) is 0 Å². The number of aromatic nitrogens is 6. The van der Waals surface area contributed by atoms with Crippen LogP contribution in [0.15, 0.2) is 146 Å². The lowest BCUT2D eigenvalue weighted by Crippen LogP contribution is -2.50. The molecule has 3 aromatic heterocycles. The highest BCUT2D eigenvalue weighted by molar-refractivity contribution is 6.35. The number of amides is 5. The van der Waals surface area contributed by atoms with Gasteiger partial charge >= 0.3 is 6.09 Å². The second-order valence-corrected chi connectivity index (χ2v) is 33.4. The molecule has 0 spiro atoms. The average Bonchev–Trinajstić information content (AvgIpc) is 1.74. The van der Waals surface area contributed by atoms with E-state index in [1.165, 1.54) is 78.9 Å². The normalized spacial score (nSPS) is 17.1. The first kappa shape index (κ1) is 93.5. The number of hydrogen-bond acceptors (Lipinski definition) is 22. The fraction of sp³-hybridized carbons (Fsp3) is 0.418. The molecule has 0 aliphatic carbocycles. The number of halogens is 7. The van der Waals surface area contributed by atoms with Crippen LogP contribution in [0.1, 0.15) is 146 Å². The summed E-state index contributed by atoms with van der Waals surface area (Å²) in [4.78, 5) is 104. The maximum absolute atomic E-state index is 14.4. The van der Waals surface area contributed by atoms with Gasteiger partial charge in [0.15, 0.2) is 0 Å². The molecule has 125 heavy (non-hydrogen) atoms. The summed E-state index contributed by atoms with van der Waals surface area (Å²) in [6, 6.07) is 36.8. The highest BCUT2D eigenvalue weighted by Crippen LogP contribution is 2.34. The van der Waals surface area contributed by atoms with Crippen LogP contribution >= 0.6 is 47.2 Å². The molecule has 664 valence electrons. The molecule has 3 atom stereocenters. The number of carbonyl (C=O) groups excluding carboxylic acids is 5. The Balaban J connectivity index is 0.000000170. The molecule has 6 aromatic carbocycles. The zero-order valence-electron chi connectivity index (χ0n) is 70.8. The Morgan fingerprint density at radius 1 is 0.448 bits per heavy atom. The van der Waals surface area contributed by atoms with Gasteiger partial charge in [-0.2, -0.15) is 0 Å². The molecule has 0 bridgehead atoms. The van der Waals surface area contributed by atoms with Crippen molar-refractivity contribution in [3.05, 3.63) is 212 Å². The smallest absolute Gasteiger partial charge is 0.410 e. The van der Waals surface area contributed by atoms with Gasteiger partial charge in [0.25, 0.3) is 17.7 Å². The average molecular weight is 1800 g/mol. The molecule has 6 saturated heterocycles. The summed E-state index contributed by atoms with van der Waals surface area (Å²) >= 11 is 18.4. The molecule has 0 saturated carbocycles. The Morgan fingerprint density at radius 3 is 1.05 bits per heavy atom. The van der Waals surface area contributed by atoms with Crippen molar-refractivity contribution in [2.75, 3.05) is 152 Å². The molecule has 9 heterocycles. The van der Waals surface area contributed by atoms with Crippen LogP contribution < -0.4 is 46.6 Å². The Labute approximate surface area is 748 Å². The van der Waals surface area contributed by atoms with Gasteiger partial charge < -0.3 is 80.2 Å². The summed E-state index contributed by atoms with van der Waals surface area (Å²) in [5.41, 5.74) is 7.40. The molecule has 3 unspecified atom stereocenters. The summed E-state index contributed by atoms with van der Waals surface area (Å²) in [7, 11) is 2.14. The number of hydrogen-bond donors (Lipinski definition) is 6. The second kappa shape index (κ2) is 44.9. The van der Waals surface area contributed by atoms with E-state index in [-0.39, 0.29) is 91.5 Å². The minimum absolute atomic E-state index is 0. The van der Waals surface area contributed by atoms with Crippen LogP contribution in [0, 0.1) is 17.5 Å². The number of aryl methyl sites for hydroxylation is 3. The lowest BCUT2D eigenvalue weighted by molar-refractivity contribution is -0.131. The number of nitrogens with zero attached hydrogens (tertiary/aromatic N) is 12. The van der Waals surface area contributed by atoms with Gasteiger partial charge in [-0.05, 0) is 220 Å². The number of piperazine rings is 3. The Bertz CT molecular complexity index is 5070. The fourth-order valence-electron chi connectivity index (χ4n) is 15.3. The molecule has 9 aromatic rings. The minimum Gasteiger partial charge on any atom is -0.444 e. The molecule has 27 nitrogen and oxygen atoms in total. The van der Waals surface area contributed by atoms with Crippen molar-refractivity contribution < 1.29 is 56.1 Å². The Hall–Kier alpha value is -10.7. The predicted molar refractivity (Wildman–Crippen MR) is 486 cm³/mol. The van der Waals surface area contributed by atoms with Crippen molar-refractivity contribution in [3.63, 3.8) is 0 Å². The highest BCUT2D eigenvalue weighted by Gasteiger charge is 2.30. The van der Waals surface area contributed by atoms with Gasteiger partial charge in [0, 0.05) is 157 Å². The molecule has 15 rings (SSSR count). The number of likely N-dealkylation sites (N-methyl/N-ethyl adjacent to an activating group) is 1. The maximum Gasteiger partial charge on any atom is 0.410 e. The predicted octanol–water partition coefficient (Wildman–Crippen LogP) is 17.8. The van der Waals surface area contributed by atoms with E-state index in [0.717, 1.165) is 152 Å². The summed E-state index contributed by atoms with van der Waals surface area (Å²) < 4.78 is 65.8. The summed E-state index contributed by atoms with van der Waals surface area (Å²) in [5, 5.41) is 17.8. The van der Waals surface area contributed by atoms with E-state index >= 15 is 0 Å². The van der Waals surface area contributed by atoms with E-state index in [0.29, 0.717) is 99.6 Å². The lowest BCUT2D eigenvalue weighted by atomic mass is 10.1. The number of nitrogens with one attached hydrogen (secondary N) is 6. The number of rotatable bonds is 26. The van der Waals surface area contributed by atoms with Crippen LogP contribution in [0.2, 0.25) is 15.1 Å². The SMILES string of the molecule is CC(C)(C)OC(=O)N1CCN(c2ccc(Nc3ncc(C(=O)Nc4c(F)cccc4Cl)c(CCC4CCCO4)n3)cc2)CC1.CCCC(=O)N1CCN(c2ccc(Nc3ncc(C(=O)Nc4c(F)cccc4Cl)c(CCC4CCCO4)n3)cc2)CC1.CN1CCN(c2ccc(Nc3ncc(C(=O)Nc4c(F)cccc4Cl)c(CCC4CCCO4)n3)cc2)CC1.Cl. The monoisotopic (exact) mass is 1790 g/mol. The Morgan fingerprint density at radius 2 is 0.760 bits per heavy atom. The van der Waals surface area contributed by atoms with Gasteiger partial charge in [-0.3, -0.25) is 19.2 Å². The van der Waals surface area contributed by atoms with Crippen molar-refractivity contribution in [2.45, 2.75) is 141 Å². The van der Waals surface area contributed by atoms with Gasteiger partial charge in [-0.25, -0.2) is 47.9 Å². The van der Waals surface area contributed by atoms with Crippen LogP contribution in [0.4, 0.5) is 87.0 Å². The number of anilines is 12. The molecule has 6 fully saturated rings. The first-order valence-corrected chi connectivity index (χ1v) is 43.5. The van der Waals surface area contributed by atoms with E-state index in [4.69, 9.17) is 53.8 Å². The van der Waals surface area contributed by atoms with Gasteiger partial charge in [0.05, 0.1) is 84.2 Å². The molecule has 5 amide bonds. The molecular formula is C91H107Cl4F3N18O9. The minimum atomic E-state index is -0.626. The van der Waals surface area contributed by atoms with Gasteiger partial charge in [-0.15, -0.1) is 12.4 Å². The summed E-state index contributed by atoms with van der Waals surface area (Å²) in [6.07, 6.45) is 15.6. The molecule has 6 aliphatic heterocycles. The second-order valence-electron chi connectivity index (χ2n) is 32.2. The Kier molecular flexibility index (Phi) is 33.6. The van der Waals surface area contributed by atoms with Gasteiger partial charge in [0.2, 0.25) is 23.8 Å². The third-order valence-corrected chi connectivity index (χ3v) is 23.1. The number of ether oxygens (including phenoxy) is 4. The van der Waals surface area contributed by atoms with E-state index in [9.17, 15) is 37.1 Å². The molecule has 34 heteroatoms. The fourth-order valence-corrected chi connectivity index (χ4v) is 15.9. The quantitative estimate of drug-likeness (QED) is 0.0294. The molecule has 6 aliphatic rings. The summed E-state index contributed by atoms with van der Waals surface area (Å²) in [5.74, 6) is -2.12. The van der Waals surface area contributed by atoms with E-state index in [1.807, 2.05) is 93.3 Å². The van der Waals surface area contributed by atoms with E-state index in [1.54, 1.807) is 4.90 Å². The van der Waals surface area contributed by atoms with E-state index < -0.39 is 40.8 Å². The lowest BCUT2D eigenvalue weighted by Gasteiger charge is -2.36. The van der Waals surface area contributed by atoms with Crippen LogP contribution in [0.5, 0.6) is 0 Å². The van der Waals surface area contributed by atoms with Crippen LogP contribution in [-0.4, -0.2) is 204 Å². The molecular weight excluding hydrogens is 1690 g/mol. The van der Waals surface area contributed by atoms with Crippen LogP contribution in [-0.2, 0) is 43.0 Å². The third-order valence-electron chi connectivity index (χ3n) is 22.1. The molecule has 6 N–H and O–H groups in total. The van der Waals surface area contributed by atoms with Crippen molar-refractivity contribution in [1.29, 1.82) is 0 Å². The zero-order valence-corrected chi connectivity index (χ0v) is 73.9. The topological polar surface area (TPSA) is 291 Å². The first-order valence-electron chi connectivity index (χ1n) is 42.4. The number of carbonyl (C=O) groups is 5. The van der Waals surface area contributed by atoms with Crippen molar-refractivity contribution >= 4 is 146 Å². The third kappa shape index (κ3) is 26.5. The largest absolute Gasteiger partial charge is 0.444 e. The summed E-state index contributed by atoms with van der Waals surface area (Å²) in [6.45, 7) is 19.5. The van der Waals surface area contributed by atoms with Gasteiger partial charge in [-0.1, -0.05) is 59.9 Å². The first-order chi connectivity index (χ1) is 59.9. The van der Waals surface area contributed by atoms with Crippen molar-refractivity contribution in [1.82, 2.24) is 44.6 Å². The van der Waals surface area contributed by atoms with Gasteiger partial charge in [0.1, 0.15) is 23.1 Å². The standard InChI is InChI=1S/C32H38ClFN6O4.C31H36ClFN6O3.C28H32ClFN6O2.ClH/c1-32(2,3)44-31(42)40-17-15-39(16-18-40)22-11-9-21(10-12-22)36-30-35-20-24(27(37-30)14-13-23-6-5-19-43-23)29(41)38-28-25(33)7-4-8-26(28)34;1-2-5-28(40)39-17-15-38(16-18-39)22-11-9-21(10-12-22)35-31-34-20-24(27(36-31)14-13-23-6-4-19-42-23)30(41)37-29-25(32)7-3-8-26(29)33;1-35-13-15-36(16-14-35)20-9-7-19(8-10-20)32-28-31-18-22(25(33-28)12-11-21-4-3-17-38-21)27(37)34-26-23(29)5-2-6-24(26)30;/h4,7-12,20,23H,5-6,13-19H2,1-3H3,(H,38,41)(H,35,36,37);3,7-12,20,23H,2,4-6,13-19H2,1H3,(H,37,41)(H,34,35,36);2,5-10,18,21H,3-4,11-17H2,1H3,(H,34,37)(H,31,32,33);1H. The number of benzene rings is 6. The van der Waals surface area contributed by atoms with Crippen LogP contribution in [0.3, 0.4) is 0 Å². The number of para-hydroxylation sites is 3. The molecule has 0 radical (unpaired) electrons. The van der Waals surface area contributed by atoms with E-state index in [2.05, 4.69) is 101 Å². The maximum atomic E-state index is 14.4. The van der Waals surface area contributed by atoms with Crippen molar-refractivity contribution in [3.8, 4) is 0 Å².